The molecule has 2 aromatic carbocycles. The number of rotatable bonds is 5. The number of imidazole rings is 2. The van der Waals surface area contributed by atoms with Crippen molar-refractivity contribution in [3.05, 3.63) is 54.4 Å². The van der Waals surface area contributed by atoms with Crippen LogP contribution in [0.25, 0.3) is 22.1 Å². The van der Waals surface area contributed by atoms with E-state index in [2.05, 4.69) is 20.7 Å². The molecule has 160 valence electrons. The minimum atomic E-state index is 0.150. The highest BCUT2D eigenvalue weighted by Crippen LogP contribution is 2.21. The molecule has 1 amide bonds. The summed E-state index contributed by atoms with van der Waals surface area (Å²) in [6, 6.07) is 16.1. The van der Waals surface area contributed by atoms with Gasteiger partial charge in [0.15, 0.2) is 0 Å². The number of thioether (sulfide) groups is 1. The van der Waals surface area contributed by atoms with Crippen LogP contribution in [-0.2, 0) is 17.1 Å². The summed E-state index contributed by atoms with van der Waals surface area (Å²) in [5.74, 6) is 2.79. The van der Waals surface area contributed by atoms with Crippen LogP contribution < -0.4 is 4.90 Å². The fourth-order valence-electron chi connectivity index (χ4n) is 4.24. The third-order valence-corrected chi connectivity index (χ3v) is 6.37. The van der Waals surface area contributed by atoms with Gasteiger partial charge in [0.25, 0.3) is 0 Å². The zero-order valence-electron chi connectivity index (χ0n) is 17.6. The Kier molecular flexibility index (Phi) is 5.55. The predicted molar refractivity (Wildman–Crippen MR) is 126 cm³/mol. The first-order valence-electron chi connectivity index (χ1n) is 10.6. The highest BCUT2D eigenvalue weighted by Gasteiger charge is 2.22. The van der Waals surface area contributed by atoms with Gasteiger partial charge in [-0.1, -0.05) is 24.3 Å². The van der Waals surface area contributed by atoms with E-state index in [1.807, 2.05) is 53.4 Å². The van der Waals surface area contributed by atoms with E-state index in [1.54, 1.807) is 11.8 Å². The van der Waals surface area contributed by atoms with Crippen molar-refractivity contribution in [2.24, 2.45) is 0 Å². The number of amides is 1. The Morgan fingerprint density at radius 3 is 2.65 bits per heavy atom. The van der Waals surface area contributed by atoms with Crippen LogP contribution in [0.15, 0.2) is 48.5 Å². The van der Waals surface area contributed by atoms with E-state index in [1.165, 1.54) is 0 Å². The molecule has 0 aliphatic carbocycles. The first kappa shape index (κ1) is 19.9. The number of hydrogen-bond donors (Lipinski definition) is 1. The third kappa shape index (κ3) is 3.99. The Bertz CT molecular complexity index is 1180. The summed E-state index contributed by atoms with van der Waals surface area (Å²) in [4.78, 5) is 30.3. The van der Waals surface area contributed by atoms with E-state index in [0.717, 1.165) is 65.6 Å². The second kappa shape index (κ2) is 8.63. The van der Waals surface area contributed by atoms with E-state index in [9.17, 15) is 4.79 Å². The number of anilines is 1. The summed E-state index contributed by atoms with van der Waals surface area (Å²) in [5, 5.41) is 0. The number of hydrogen-bond acceptors (Lipinski definition) is 5. The number of nitrogens with zero attached hydrogens (tertiary/aromatic N) is 5. The fraction of sp³-hybridized carbons (Fsp3) is 0.348. The number of aromatic nitrogens is 4. The van der Waals surface area contributed by atoms with E-state index in [-0.39, 0.29) is 5.91 Å². The van der Waals surface area contributed by atoms with Crippen molar-refractivity contribution in [1.29, 1.82) is 0 Å². The molecule has 0 bridgehead atoms. The van der Waals surface area contributed by atoms with Crippen molar-refractivity contribution >= 4 is 45.7 Å². The summed E-state index contributed by atoms with van der Waals surface area (Å²) in [5.41, 5.74) is 4.00. The fourth-order valence-corrected chi connectivity index (χ4v) is 4.72. The van der Waals surface area contributed by atoms with Gasteiger partial charge in [0, 0.05) is 26.2 Å². The van der Waals surface area contributed by atoms with Crippen molar-refractivity contribution in [3.8, 4) is 0 Å². The monoisotopic (exact) mass is 434 g/mol. The third-order valence-electron chi connectivity index (χ3n) is 5.83. The lowest BCUT2D eigenvalue weighted by atomic mass is 10.3. The van der Waals surface area contributed by atoms with Gasteiger partial charge in [-0.2, -0.15) is 11.8 Å². The van der Waals surface area contributed by atoms with E-state index >= 15 is 0 Å². The number of carbonyl (C=O) groups excluding carboxylic acids is 1. The van der Waals surface area contributed by atoms with Crippen molar-refractivity contribution in [3.63, 3.8) is 0 Å². The molecule has 0 radical (unpaired) electrons. The first-order valence-corrected chi connectivity index (χ1v) is 12.0. The van der Waals surface area contributed by atoms with Crippen molar-refractivity contribution in [2.75, 3.05) is 37.3 Å². The van der Waals surface area contributed by atoms with E-state index in [4.69, 9.17) is 9.97 Å². The lowest BCUT2D eigenvalue weighted by Gasteiger charge is -2.22. The first-order chi connectivity index (χ1) is 15.2. The van der Waals surface area contributed by atoms with Crippen molar-refractivity contribution in [1.82, 2.24) is 24.4 Å². The number of benzene rings is 2. The van der Waals surface area contributed by atoms with Crippen molar-refractivity contribution < 1.29 is 4.79 Å². The minimum absolute atomic E-state index is 0.150. The summed E-state index contributed by atoms with van der Waals surface area (Å²) >= 11 is 1.72. The summed E-state index contributed by atoms with van der Waals surface area (Å²) in [6.07, 6.45) is 2.98. The molecule has 1 saturated heterocycles. The molecular formula is C23H26N6OS. The molecule has 4 aromatic rings. The molecule has 0 saturated carbocycles. The van der Waals surface area contributed by atoms with Crippen LogP contribution in [0.1, 0.15) is 12.2 Å². The molecule has 0 unspecified atom stereocenters. The molecule has 0 atom stereocenters. The van der Waals surface area contributed by atoms with Gasteiger partial charge in [-0.05, 0) is 36.9 Å². The second-order valence-corrected chi connectivity index (χ2v) is 8.70. The van der Waals surface area contributed by atoms with Gasteiger partial charge in [0.2, 0.25) is 11.9 Å². The maximum Gasteiger partial charge on any atom is 0.242 e. The maximum atomic E-state index is 13.2. The van der Waals surface area contributed by atoms with Crippen LogP contribution in [0.5, 0.6) is 0 Å². The van der Waals surface area contributed by atoms with Gasteiger partial charge in [0.05, 0.1) is 27.8 Å². The zero-order chi connectivity index (χ0) is 21.2. The number of carbonyl (C=O) groups is 1. The average Bonchev–Trinajstić information content (AvgIpc) is 3.26. The number of fused-ring (bicyclic) bond motifs is 2. The van der Waals surface area contributed by atoms with Gasteiger partial charge in [-0.25, -0.2) is 9.97 Å². The van der Waals surface area contributed by atoms with Gasteiger partial charge in [-0.3, -0.25) is 4.79 Å². The molecular weight excluding hydrogens is 408 g/mol. The van der Waals surface area contributed by atoms with Crippen LogP contribution in [0.3, 0.4) is 0 Å². The van der Waals surface area contributed by atoms with Gasteiger partial charge in [-0.15, -0.1) is 0 Å². The standard InChI is InChI=1S/C23H26N6OS/c1-31-16-21-24-19-9-4-5-10-20(19)29(21)15-22(30)27-11-6-12-28(14-13-27)23-25-17-7-2-3-8-18(17)26-23/h2-5,7-10H,6,11-16H2,1H3,(H,25,26). The Morgan fingerprint density at radius 1 is 1.00 bits per heavy atom. The topological polar surface area (TPSA) is 70.1 Å². The van der Waals surface area contributed by atoms with Crippen LogP contribution in [0.2, 0.25) is 0 Å². The number of aromatic amines is 1. The Hall–Kier alpha value is -3.00. The van der Waals surface area contributed by atoms with E-state index < -0.39 is 0 Å². The Balaban J connectivity index is 1.31. The van der Waals surface area contributed by atoms with Gasteiger partial charge < -0.3 is 19.4 Å². The average molecular weight is 435 g/mol. The number of para-hydroxylation sites is 4. The molecule has 1 aliphatic heterocycles. The summed E-state index contributed by atoms with van der Waals surface area (Å²) in [6.45, 7) is 3.45. The molecule has 2 aromatic heterocycles. The predicted octanol–water partition coefficient (Wildman–Crippen LogP) is 3.51. The smallest absolute Gasteiger partial charge is 0.242 e. The highest BCUT2D eigenvalue weighted by atomic mass is 32.2. The SMILES string of the molecule is CSCc1nc2ccccc2n1CC(=O)N1CCCN(c2nc3ccccc3[nH]2)CC1. The van der Waals surface area contributed by atoms with Crippen LogP contribution >= 0.6 is 11.8 Å². The Morgan fingerprint density at radius 2 is 1.81 bits per heavy atom. The molecule has 7 nitrogen and oxygen atoms in total. The minimum Gasteiger partial charge on any atom is -0.341 e. The van der Waals surface area contributed by atoms with Crippen LogP contribution in [0.4, 0.5) is 5.95 Å². The number of nitrogens with one attached hydrogen (secondary N) is 1. The highest BCUT2D eigenvalue weighted by molar-refractivity contribution is 7.97. The molecule has 5 rings (SSSR count). The molecule has 1 N–H and O–H groups in total. The quantitative estimate of drug-likeness (QED) is 0.521. The second-order valence-electron chi connectivity index (χ2n) is 7.83. The lowest BCUT2D eigenvalue weighted by Crippen LogP contribution is -2.37. The normalized spacial score (nSPS) is 15.0. The van der Waals surface area contributed by atoms with E-state index in [0.29, 0.717) is 13.1 Å². The molecule has 31 heavy (non-hydrogen) atoms. The zero-order valence-corrected chi connectivity index (χ0v) is 18.4. The summed E-state index contributed by atoms with van der Waals surface area (Å²) in [7, 11) is 0. The molecule has 0 spiro atoms. The Labute approximate surface area is 185 Å². The molecule has 3 heterocycles. The van der Waals surface area contributed by atoms with Crippen molar-refractivity contribution in [2.45, 2.75) is 18.7 Å². The molecule has 1 aliphatic rings. The summed E-state index contributed by atoms with van der Waals surface area (Å²) < 4.78 is 2.08. The van der Waals surface area contributed by atoms with Gasteiger partial charge in [0.1, 0.15) is 12.4 Å². The molecule has 1 fully saturated rings. The van der Waals surface area contributed by atoms with Crippen LogP contribution in [-0.4, -0.2) is 62.8 Å². The molecule has 8 heteroatoms. The number of H-pyrrole nitrogens is 1. The lowest BCUT2D eigenvalue weighted by molar-refractivity contribution is -0.131. The van der Waals surface area contributed by atoms with Crippen LogP contribution in [0, 0.1) is 0 Å². The largest absolute Gasteiger partial charge is 0.341 e. The van der Waals surface area contributed by atoms with Gasteiger partial charge >= 0.3 is 0 Å². The maximum absolute atomic E-state index is 13.2.